The normalized spacial score (nSPS) is 27.8. The number of sulfonamides is 1. The predicted molar refractivity (Wildman–Crippen MR) is 112 cm³/mol. The Labute approximate surface area is 171 Å². The van der Waals surface area contributed by atoms with E-state index in [1.807, 2.05) is 42.5 Å². The van der Waals surface area contributed by atoms with Crippen LogP contribution in [0, 0.1) is 11.8 Å². The topological polar surface area (TPSA) is 70.5 Å². The smallest absolute Gasteiger partial charge is 0.243 e. The van der Waals surface area contributed by atoms with E-state index in [2.05, 4.69) is 4.98 Å². The third kappa shape index (κ3) is 3.06. The van der Waals surface area contributed by atoms with Crippen molar-refractivity contribution in [3.05, 3.63) is 72.6 Å². The molecule has 1 saturated heterocycles. The molecule has 1 aliphatic carbocycles. The van der Waals surface area contributed by atoms with Crippen molar-refractivity contribution in [1.82, 2.24) is 9.29 Å². The van der Waals surface area contributed by atoms with E-state index in [0.29, 0.717) is 24.4 Å². The predicted octanol–water partition coefficient (Wildman–Crippen LogP) is 3.54. The van der Waals surface area contributed by atoms with Gasteiger partial charge in [0.2, 0.25) is 10.0 Å². The van der Waals surface area contributed by atoms with Gasteiger partial charge >= 0.3 is 0 Å². The molecule has 2 fully saturated rings. The van der Waals surface area contributed by atoms with Crippen molar-refractivity contribution in [2.75, 3.05) is 13.1 Å². The summed E-state index contributed by atoms with van der Waals surface area (Å²) < 4.78 is 28.4. The van der Waals surface area contributed by atoms with Gasteiger partial charge in [0.25, 0.3) is 0 Å². The van der Waals surface area contributed by atoms with Crippen LogP contribution in [0.2, 0.25) is 0 Å². The zero-order valence-corrected chi connectivity index (χ0v) is 16.9. The van der Waals surface area contributed by atoms with Gasteiger partial charge in [0.1, 0.15) is 0 Å². The maximum atomic E-state index is 13.4. The molecule has 1 N–H and O–H groups in total. The molecule has 0 unspecified atom stereocenters. The lowest BCUT2D eigenvalue weighted by Crippen LogP contribution is -2.43. The molecule has 6 heteroatoms. The molecule has 1 aliphatic heterocycles. The number of benzene rings is 2. The maximum absolute atomic E-state index is 13.4. The zero-order chi connectivity index (χ0) is 20.1. The number of nitrogens with zero attached hydrogens (tertiary/aromatic N) is 2. The van der Waals surface area contributed by atoms with Gasteiger partial charge < -0.3 is 5.11 Å². The molecular weight excluding hydrogens is 384 g/mol. The summed E-state index contributed by atoms with van der Waals surface area (Å²) in [6.45, 7) is 0.799. The SMILES string of the molecule is O=S(=O)(c1ccc2ccccc2c1)N1C[C@@H]2CCC[C@](O)(c3cccnc3)[C@H]2C1. The Kier molecular flexibility index (Phi) is 4.46. The van der Waals surface area contributed by atoms with Crippen LogP contribution in [0.5, 0.6) is 0 Å². The van der Waals surface area contributed by atoms with Gasteiger partial charge in [0.05, 0.1) is 10.5 Å². The van der Waals surface area contributed by atoms with Crippen LogP contribution in [0.15, 0.2) is 71.9 Å². The van der Waals surface area contributed by atoms with Crippen molar-refractivity contribution in [1.29, 1.82) is 0 Å². The fourth-order valence-corrected chi connectivity index (χ4v) is 6.69. The molecule has 5 rings (SSSR count). The lowest BCUT2D eigenvalue weighted by molar-refractivity contribution is -0.0643. The first-order valence-corrected chi connectivity index (χ1v) is 11.5. The van der Waals surface area contributed by atoms with E-state index < -0.39 is 15.6 Å². The first-order chi connectivity index (χ1) is 14.0. The quantitative estimate of drug-likeness (QED) is 0.720. The summed E-state index contributed by atoms with van der Waals surface area (Å²) in [6.07, 6.45) is 5.87. The van der Waals surface area contributed by atoms with Gasteiger partial charge in [-0.25, -0.2) is 8.42 Å². The second-order valence-corrected chi connectivity index (χ2v) is 10.2. The van der Waals surface area contributed by atoms with E-state index in [1.54, 1.807) is 28.8 Å². The zero-order valence-electron chi connectivity index (χ0n) is 16.1. The van der Waals surface area contributed by atoms with Crippen molar-refractivity contribution in [2.45, 2.75) is 29.8 Å². The Balaban J connectivity index is 1.48. The Morgan fingerprint density at radius 2 is 1.86 bits per heavy atom. The van der Waals surface area contributed by atoms with Gasteiger partial charge in [0.15, 0.2) is 0 Å². The van der Waals surface area contributed by atoms with Crippen molar-refractivity contribution >= 4 is 20.8 Å². The highest BCUT2D eigenvalue weighted by atomic mass is 32.2. The Morgan fingerprint density at radius 3 is 2.66 bits per heavy atom. The van der Waals surface area contributed by atoms with Crippen molar-refractivity contribution in [3.8, 4) is 0 Å². The minimum atomic E-state index is -3.61. The van der Waals surface area contributed by atoms with Gasteiger partial charge in [-0.2, -0.15) is 4.31 Å². The van der Waals surface area contributed by atoms with Gasteiger partial charge in [-0.05, 0) is 54.2 Å². The second kappa shape index (κ2) is 6.90. The third-order valence-electron chi connectivity index (χ3n) is 6.67. The monoisotopic (exact) mass is 408 g/mol. The lowest BCUT2D eigenvalue weighted by atomic mass is 9.68. The van der Waals surface area contributed by atoms with Crippen molar-refractivity contribution < 1.29 is 13.5 Å². The summed E-state index contributed by atoms with van der Waals surface area (Å²) >= 11 is 0. The molecule has 0 radical (unpaired) electrons. The van der Waals surface area contributed by atoms with Crippen LogP contribution in [0.4, 0.5) is 0 Å². The molecule has 150 valence electrons. The summed E-state index contributed by atoms with van der Waals surface area (Å²) in [4.78, 5) is 4.49. The Morgan fingerprint density at radius 1 is 1.03 bits per heavy atom. The van der Waals surface area contributed by atoms with Gasteiger partial charge in [-0.3, -0.25) is 4.98 Å². The molecular formula is C23H24N2O3S. The van der Waals surface area contributed by atoms with E-state index >= 15 is 0 Å². The van der Waals surface area contributed by atoms with Gasteiger partial charge in [-0.15, -0.1) is 0 Å². The molecule has 1 aromatic heterocycles. The largest absolute Gasteiger partial charge is 0.385 e. The maximum Gasteiger partial charge on any atom is 0.243 e. The second-order valence-electron chi connectivity index (χ2n) is 8.26. The minimum Gasteiger partial charge on any atom is -0.385 e. The van der Waals surface area contributed by atoms with E-state index in [0.717, 1.165) is 29.2 Å². The Hall–Kier alpha value is -2.28. The number of fused-ring (bicyclic) bond motifs is 2. The fraction of sp³-hybridized carbons (Fsp3) is 0.348. The molecule has 2 heterocycles. The summed E-state index contributed by atoms with van der Waals surface area (Å²) in [5.74, 6) is 0.0415. The molecule has 29 heavy (non-hydrogen) atoms. The van der Waals surface area contributed by atoms with Crippen molar-refractivity contribution in [2.24, 2.45) is 11.8 Å². The third-order valence-corrected chi connectivity index (χ3v) is 8.50. The highest BCUT2D eigenvalue weighted by molar-refractivity contribution is 7.89. The van der Waals surface area contributed by atoms with E-state index in [-0.39, 0.29) is 11.8 Å². The average Bonchev–Trinajstić information content (AvgIpc) is 3.21. The number of rotatable bonds is 3. The summed E-state index contributed by atoms with van der Waals surface area (Å²) in [7, 11) is -3.61. The Bertz CT molecular complexity index is 1150. The molecule has 3 atom stereocenters. The van der Waals surface area contributed by atoms with Gasteiger partial charge in [0, 0.05) is 37.0 Å². The molecule has 5 nitrogen and oxygen atoms in total. The van der Waals surface area contributed by atoms with E-state index in [1.165, 1.54) is 0 Å². The van der Waals surface area contributed by atoms with Gasteiger partial charge in [-0.1, -0.05) is 36.4 Å². The lowest BCUT2D eigenvalue weighted by Gasteiger charge is -2.41. The summed E-state index contributed by atoms with van der Waals surface area (Å²) in [5, 5.41) is 13.5. The fourth-order valence-electron chi connectivity index (χ4n) is 5.13. The molecule has 3 aromatic rings. The average molecular weight is 409 g/mol. The van der Waals surface area contributed by atoms with Crippen LogP contribution in [-0.2, 0) is 15.6 Å². The van der Waals surface area contributed by atoms with E-state index in [9.17, 15) is 13.5 Å². The van der Waals surface area contributed by atoms with Crippen molar-refractivity contribution in [3.63, 3.8) is 0 Å². The van der Waals surface area contributed by atoms with Crippen LogP contribution < -0.4 is 0 Å². The molecule has 2 aromatic carbocycles. The van der Waals surface area contributed by atoms with Crippen LogP contribution in [0.1, 0.15) is 24.8 Å². The van der Waals surface area contributed by atoms with E-state index in [4.69, 9.17) is 0 Å². The molecule has 2 aliphatic rings. The molecule has 0 bridgehead atoms. The number of pyridine rings is 1. The van der Waals surface area contributed by atoms with Crippen LogP contribution in [0.25, 0.3) is 10.8 Å². The van der Waals surface area contributed by atoms with Crippen LogP contribution in [-0.4, -0.2) is 35.9 Å². The first kappa shape index (κ1) is 18.7. The highest BCUT2D eigenvalue weighted by Crippen LogP contribution is 2.49. The number of aromatic nitrogens is 1. The summed E-state index contributed by atoms with van der Waals surface area (Å²) in [5.41, 5.74) is -0.232. The standard InChI is InChI=1S/C23H24N2O3S/c26-23(20-8-4-12-24-14-20)11-3-7-19-15-25(16-22(19)23)29(27,28)21-10-9-17-5-1-2-6-18(17)13-21/h1-2,4-6,8-10,12-14,19,22,26H,3,7,11,15-16H2/t19-,22-,23-/m0/s1. The minimum absolute atomic E-state index is 0.115. The molecule has 1 saturated carbocycles. The first-order valence-electron chi connectivity index (χ1n) is 10.1. The number of aliphatic hydroxyl groups is 1. The molecule has 0 amide bonds. The number of hydrogen-bond acceptors (Lipinski definition) is 4. The van der Waals surface area contributed by atoms with Crippen LogP contribution >= 0.6 is 0 Å². The summed E-state index contributed by atoms with van der Waals surface area (Å²) in [6, 6.07) is 16.8. The number of hydrogen-bond donors (Lipinski definition) is 1. The van der Waals surface area contributed by atoms with Crippen LogP contribution in [0.3, 0.4) is 0 Å². The molecule has 0 spiro atoms. The highest BCUT2D eigenvalue weighted by Gasteiger charge is 2.52.